The van der Waals surface area contributed by atoms with Gasteiger partial charge in [0.15, 0.2) is 0 Å². The second kappa shape index (κ2) is 4.18. The Morgan fingerprint density at radius 3 is 2.87 bits per heavy atom. The van der Waals surface area contributed by atoms with Crippen LogP contribution >= 0.6 is 11.8 Å². The molecule has 1 aliphatic rings. The molecule has 1 aliphatic heterocycles. The Kier molecular flexibility index (Phi) is 3.08. The van der Waals surface area contributed by atoms with E-state index >= 15 is 0 Å². The molecule has 0 fully saturated rings. The number of thioether (sulfide) groups is 1. The van der Waals surface area contributed by atoms with E-state index in [2.05, 4.69) is 38.1 Å². The molecule has 2 N–H and O–H groups in total. The maximum atomic E-state index is 6.22. The highest BCUT2D eigenvalue weighted by Crippen LogP contribution is 2.40. The smallest absolute Gasteiger partial charge is 0.0153 e. The first-order chi connectivity index (χ1) is 7.11. The summed E-state index contributed by atoms with van der Waals surface area (Å²) in [7, 11) is 0. The molecule has 0 aliphatic carbocycles. The first-order valence-corrected chi connectivity index (χ1v) is 6.52. The Hall–Kier alpha value is -0.470. The largest absolute Gasteiger partial charge is 0.325 e. The maximum Gasteiger partial charge on any atom is 0.0153 e. The first-order valence-electron chi connectivity index (χ1n) is 5.64. The molecule has 2 heteroatoms. The van der Waals surface area contributed by atoms with Gasteiger partial charge in [-0.15, -0.1) is 11.8 Å². The quantitative estimate of drug-likeness (QED) is 0.848. The van der Waals surface area contributed by atoms with Crippen LogP contribution in [0.2, 0.25) is 0 Å². The van der Waals surface area contributed by atoms with Gasteiger partial charge in [-0.1, -0.05) is 25.1 Å². The van der Waals surface area contributed by atoms with Crippen LogP contribution in [-0.2, 0) is 6.42 Å². The van der Waals surface area contributed by atoms with E-state index in [0.717, 1.165) is 12.8 Å². The fourth-order valence-corrected chi connectivity index (χ4v) is 3.58. The van der Waals surface area contributed by atoms with Crippen molar-refractivity contribution in [3.05, 3.63) is 29.8 Å². The summed E-state index contributed by atoms with van der Waals surface area (Å²) in [6.07, 6.45) is 3.36. The molecular formula is C13H19NS. The highest BCUT2D eigenvalue weighted by Gasteiger charge is 2.27. The van der Waals surface area contributed by atoms with Crippen LogP contribution in [0.5, 0.6) is 0 Å². The van der Waals surface area contributed by atoms with Crippen LogP contribution in [0, 0.1) is 0 Å². The predicted octanol–water partition coefficient (Wildman–Crippen LogP) is 3.22. The molecule has 82 valence electrons. The molecule has 15 heavy (non-hydrogen) atoms. The lowest BCUT2D eigenvalue weighted by Crippen LogP contribution is -2.38. The molecule has 2 atom stereocenters. The van der Waals surface area contributed by atoms with Crippen molar-refractivity contribution in [1.29, 1.82) is 0 Å². The van der Waals surface area contributed by atoms with Crippen molar-refractivity contribution >= 4 is 11.8 Å². The Morgan fingerprint density at radius 1 is 1.47 bits per heavy atom. The molecule has 1 aromatic carbocycles. The fourth-order valence-electron chi connectivity index (χ4n) is 2.03. The normalized spacial score (nSPS) is 23.5. The highest BCUT2D eigenvalue weighted by atomic mass is 32.2. The van der Waals surface area contributed by atoms with Crippen LogP contribution in [0.15, 0.2) is 29.2 Å². The number of hydrogen-bond acceptors (Lipinski definition) is 2. The van der Waals surface area contributed by atoms with E-state index in [4.69, 9.17) is 5.73 Å². The van der Waals surface area contributed by atoms with Gasteiger partial charge in [-0.25, -0.2) is 0 Å². The van der Waals surface area contributed by atoms with Gasteiger partial charge in [-0.05, 0) is 37.8 Å². The van der Waals surface area contributed by atoms with Crippen LogP contribution in [0.3, 0.4) is 0 Å². The molecule has 0 spiro atoms. The summed E-state index contributed by atoms with van der Waals surface area (Å²) >= 11 is 2.00. The minimum atomic E-state index is -0.000288. The first kappa shape index (κ1) is 11.0. The molecule has 0 amide bonds. The zero-order valence-electron chi connectivity index (χ0n) is 9.49. The third-order valence-corrected chi connectivity index (χ3v) is 4.53. The fraction of sp³-hybridized carbons (Fsp3) is 0.538. The summed E-state index contributed by atoms with van der Waals surface area (Å²) in [5.41, 5.74) is 7.72. The van der Waals surface area contributed by atoms with Crippen LogP contribution in [-0.4, -0.2) is 10.8 Å². The zero-order chi connectivity index (χ0) is 10.9. The standard InChI is InChI=1S/C13H19NS/c1-3-13(2,14)9-11-8-10-6-4-5-7-12(10)15-11/h4-7,11H,3,8-9,14H2,1-2H3. The van der Waals surface area contributed by atoms with Crippen LogP contribution in [0.1, 0.15) is 32.3 Å². The van der Waals surface area contributed by atoms with Crippen molar-refractivity contribution in [2.45, 2.75) is 48.8 Å². The van der Waals surface area contributed by atoms with E-state index in [0.29, 0.717) is 5.25 Å². The molecule has 0 bridgehead atoms. The van der Waals surface area contributed by atoms with Crippen molar-refractivity contribution in [2.24, 2.45) is 5.73 Å². The number of benzene rings is 1. The Balaban J connectivity index is 2.02. The van der Waals surface area contributed by atoms with Crippen molar-refractivity contribution < 1.29 is 0 Å². The molecule has 0 saturated heterocycles. The van der Waals surface area contributed by atoms with Gasteiger partial charge in [0, 0.05) is 15.7 Å². The predicted molar refractivity (Wildman–Crippen MR) is 67.3 cm³/mol. The maximum absolute atomic E-state index is 6.22. The summed E-state index contributed by atoms with van der Waals surface area (Å²) in [6, 6.07) is 8.71. The second-order valence-corrected chi connectivity index (χ2v) is 6.11. The summed E-state index contributed by atoms with van der Waals surface area (Å²) < 4.78 is 0. The number of nitrogens with two attached hydrogens (primary N) is 1. The van der Waals surface area contributed by atoms with Crippen LogP contribution < -0.4 is 5.73 Å². The summed E-state index contributed by atoms with van der Waals surface area (Å²) in [5.74, 6) is 0. The van der Waals surface area contributed by atoms with Crippen molar-refractivity contribution in [2.75, 3.05) is 0 Å². The van der Waals surface area contributed by atoms with E-state index < -0.39 is 0 Å². The lowest BCUT2D eigenvalue weighted by molar-refractivity contribution is 0.413. The molecule has 2 rings (SSSR count). The lowest BCUT2D eigenvalue weighted by atomic mass is 9.92. The van der Waals surface area contributed by atoms with Gasteiger partial charge in [0.1, 0.15) is 0 Å². The van der Waals surface area contributed by atoms with Gasteiger partial charge in [0.25, 0.3) is 0 Å². The Morgan fingerprint density at radius 2 is 2.20 bits per heavy atom. The third kappa shape index (κ3) is 2.56. The summed E-state index contributed by atoms with van der Waals surface area (Å²) in [4.78, 5) is 1.45. The average Bonchev–Trinajstić information content (AvgIpc) is 2.58. The van der Waals surface area contributed by atoms with Crippen LogP contribution in [0.25, 0.3) is 0 Å². The minimum Gasteiger partial charge on any atom is -0.325 e. The van der Waals surface area contributed by atoms with Crippen molar-refractivity contribution in [3.8, 4) is 0 Å². The molecule has 1 aromatic rings. The average molecular weight is 221 g/mol. The van der Waals surface area contributed by atoms with E-state index in [1.54, 1.807) is 0 Å². The van der Waals surface area contributed by atoms with E-state index in [1.807, 2.05) is 11.8 Å². The van der Waals surface area contributed by atoms with Gasteiger partial charge in [0.2, 0.25) is 0 Å². The second-order valence-electron chi connectivity index (χ2n) is 4.76. The Bertz CT molecular complexity index is 321. The number of hydrogen-bond donors (Lipinski definition) is 1. The van der Waals surface area contributed by atoms with E-state index in [9.17, 15) is 0 Å². The van der Waals surface area contributed by atoms with E-state index in [-0.39, 0.29) is 5.54 Å². The molecule has 2 unspecified atom stereocenters. The monoisotopic (exact) mass is 221 g/mol. The van der Waals surface area contributed by atoms with Crippen molar-refractivity contribution in [3.63, 3.8) is 0 Å². The summed E-state index contributed by atoms with van der Waals surface area (Å²) in [6.45, 7) is 4.34. The highest BCUT2D eigenvalue weighted by molar-refractivity contribution is 8.00. The Labute approximate surface area is 96.4 Å². The number of rotatable bonds is 3. The molecule has 0 saturated carbocycles. The molecular weight excluding hydrogens is 202 g/mol. The number of fused-ring (bicyclic) bond motifs is 1. The van der Waals surface area contributed by atoms with E-state index in [1.165, 1.54) is 16.9 Å². The minimum absolute atomic E-state index is 0.000288. The van der Waals surface area contributed by atoms with Crippen molar-refractivity contribution in [1.82, 2.24) is 0 Å². The topological polar surface area (TPSA) is 26.0 Å². The van der Waals surface area contributed by atoms with Gasteiger partial charge >= 0.3 is 0 Å². The van der Waals surface area contributed by atoms with Crippen LogP contribution in [0.4, 0.5) is 0 Å². The summed E-state index contributed by atoms with van der Waals surface area (Å²) in [5, 5.41) is 0.678. The lowest BCUT2D eigenvalue weighted by Gasteiger charge is -2.25. The molecule has 0 radical (unpaired) electrons. The molecule has 0 aromatic heterocycles. The SMILES string of the molecule is CCC(C)(N)CC1Cc2ccccc2S1. The van der Waals surface area contributed by atoms with Gasteiger partial charge in [-0.3, -0.25) is 0 Å². The van der Waals surface area contributed by atoms with Gasteiger partial charge in [0.05, 0.1) is 0 Å². The third-order valence-electron chi connectivity index (χ3n) is 3.22. The van der Waals surface area contributed by atoms with Gasteiger partial charge < -0.3 is 5.73 Å². The molecule has 1 nitrogen and oxygen atoms in total. The van der Waals surface area contributed by atoms with Gasteiger partial charge in [-0.2, -0.15) is 0 Å². The molecule has 1 heterocycles. The zero-order valence-corrected chi connectivity index (χ0v) is 10.3.